The zero-order chi connectivity index (χ0) is 20.8. The molecule has 6 heteroatoms. The molecule has 162 valence electrons. The average molecular weight is 429 g/mol. The highest BCUT2D eigenvalue weighted by Crippen LogP contribution is 2.45. The molecule has 2 N–H and O–H groups in total. The molecule has 2 aliphatic rings. The van der Waals surface area contributed by atoms with Crippen LogP contribution in [0.2, 0.25) is 0 Å². The van der Waals surface area contributed by atoms with Gasteiger partial charge in [-0.2, -0.15) is 11.8 Å². The van der Waals surface area contributed by atoms with Gasteiger partial charge in [0.1, 0.15) is 12.7 Å². The van der Waals surface area contributed by atoms with Crippen LogP contribution in [0.5, 0.6) is 11.5 Å². The number of thioether (sulfide) groups is 1. The number of benzene rings is 2. The molecule has 1 heterocycles. The number of hydrogen-bond acceptors (Lipinski definition) is 6. The highest BCUT2D eigenvalue weighted by Gasteiger charge is 2.43. The van der Waals surface area contributed by atoms with E-state index in [0.29, 0.717) is 18.0 Å². The fourth-order valence-electron chi connectivity index (χ4n) is 3.98. The van der Waals surface area contributed by atoms with E-state index in [-0.39, 0.29) is 12.1 Å². The van der Waals surface area contributed by atoms with Crippen LogP contribution >= 0.6 is 11.8 Å². The minimum atomic E-state index is -0.500. The van der Waals surface area contributed by atoms with Crippen LogP contribution in [-0.4, -0.2) is 61.0 Å². The summed E-state index contributed by atoms with van der Waals surface area (Å²) in [5, 5.41) is 14.1. The van der Waals surface area contributed by atoms with E-state index < -0.39 is 6.10 Å². The van der Waals surface area contributed by atoms with Crippen LogP contribution in [0, 0.1) is 0 Å². The molecule has 2 aromatic rings. The van der Waals surface area contributed by atoms with Crippen LogP contribution < -0.4 is 14.8 Å². The lowest BCUT2D eigenvalue weighted by Crippen LogP contribution is -2.40. The Morgan fingerprint density at radius 3 is 2.57 bits per heavy atom. The average Bonchev–Trinajstić information content (AvgIpc) is 3.59. The topological polar surface area (TPSA) is 54.0 Å². The zero-order valence-electron chi connectivity index (χ0n) is 17.7. The molecule has 2 fully saturated rings. The van der Waals surface area contributed by atoms with E-state index in [0.717, 1.165) is 36.7 Å². The minimum Gasteiger partial charge on any atom is -0.493 e. The first-order valence-electron chi connectivity index (χ1n) is 10.8. The molecule has 1 aliphatic heterocycles. The van der Waals surface area contributed by atoms with Gasteiger partial charge in [0, 0.05) is 43.2 Å². The van der Waals surface area contributed by atoms with Crippen molar-refractivity contribution < 1.29 is 14.6 Å². The highest BCUT2D eigenvalue weighted by atomic mass is 32.2. The van der Waals surface area contributed by atoms with E-state index in [1.165, 1.54) is 18.4 Å². The second-order valence-corrected chi connectivity index (χ2v) is 9.39. The van der Waals surface area contributed by atoms with Crippen molar-refractivity contribution >= 4 is 11.8 Å². The molecular formula is C24H32N2O3S. The normalized spacial score (nSPS) is 19.3. The monoisotopic (exact) mass is 428 g/mol. The van der Waals surface area contributed by atoms with Crippen LogP contribution in [0.15, 0.2) is 48.5 Å². The quantitative estimate of drug-likeness (QED) is 0.606. The van der Waals surface area contributed by atoms with Crippen LogP contribution in [0.3, 0.4) is 0 Å². The third-order valence-electron chi connectivity index (χ3n) is 5.94. The molecule has 0 bridgehead atoms. The number of β-amino-alcohol motifs (C(OH)–C–C–N with tert-alkyl or cyclic N) is 1. The summed E-state index contributed by atoms with van der Waals surface area (Å²) in [7, 11) is 1.66. The van der Waals surface area contributed by atoms with Crippen molar-refractivity contribution in [1.82, 2.24) is 10.2 Å². The number of aliphatic hydroxyl groups excluding tert-OH is 1. The molecule has 0 amide bonds. The summed E-state index contributed by atoms with van der Waals surface area (Å²) >= 11 is 1.97. The summed E-state index contributed by atoms with van der Waals surface area (Å²) in [6, 6.07) is 16.7. The lowest BCUT2D eigenvalue weighted by Gasteiger charge is -2.28. The van der Waals surface area contributed by atoms with Crippen LogP contribution in [0.25, 0.3) is 0 Å². The molecule has 0 radical (unpaired) electrons. The molecule has 0 spiro atoms. The lowest BCUT2D eigenvalue weighted by atomic mass is 10.0. The first kappa shape index (κ1) is 21.5. The Morgan fingerprint density at radius 2 is 1.87 bits per heavy atom. The number of ether oxygens (including phenoxy) is 2. The Hall–Kier alpha value is -1.73. The summed E-state index contributed by atoms with van der Waals surface area (Å²) in [6.07, 6.45) is 1.84. The van der Waals surface area contributed by atoms with E-state index in [1.54, 1.807) is 7.11 Å². The van der Waals surface area contributed by atoms with Crippen LogP contribution in [0.1, 0.15) is 24.0 Å². The predicted octanol–water partition coefficient (Wildman–Crippen LogP) is 3.26. The van der Waals surface area contributed by atoms with Crippen LogP contribution in [0.4, 0.5) is 0 Å². The number of methoxy groups -OCH3 is 1. The van der Waals surface area contributed by atoms with E-state index in [9.17, 15) is 5.11 Å². The molecule has 30 heavy (non-hydrogen) atoms. The van der Waals surface area contributed by atoms with E-state index in [1.807, 2.05) is 23.9 Å². The van der Waals surface area contributed by atoms with Gasteiger partial charge in [-0.1, -0.05) is 36.4 Å². The van der Waals surface area contributed by atoms with Gasteiger partial charge in [0.25, 0.3) is 0 Å². The maximum Gasteiger partial charge on any atom is 0.161 e. The zero-order valence-corrected chi connectivity index (χ0v) is 18.5. The smallest absolute Gasteiger partial charge is 0.161 e. The first-order chi connectivity index (χ1) is 14.7. The van der Waals surface area contributed by atoms with E-state index in [2.05, 4.69) is 46.6 Å². The summed E-state index contributed by atoms with van der Waals surface area (Å²) in [4.78, 5) is 2.30. The lowest BCUT2D eigenvalue weighted by molar-refractivity contribution is 0.0705. The number of rotatable bonds is 10. The standard InChI is InChI=1S/C24H32N2O3S/c1-28-23-15-19(16-25-24(9-10-24)20-5-3-2-4-6-20)7-8-22(23)29-18-21(27)17-26-11-13-30-14-12-26/h2-8,15,21,25,27H,9-14,16-18H2,1H3/t21-/m1/s1. The molecule has 1 saturated carbocycles. The molecule has 0 aromatic heterocycles. The largest absolute Gasteiger partial charge is 0.493 e. The molecule has 4 rings (SSSR count). The van der Waals surface area contributed by atoms with Crippen molar-refractivity contribution in [3.05, 3.63) is 59.7 Å². The van der Waals surface area contributed by atoms with Crippen molar-refractivity contribution in [1.29, 1.82) is 0 Å². The fourth-order valence-corrected chi connectivity index (χ4v) is 4.96. The van der Waals surface area contributed by atoms with Gasteiger partial charge in [-0.05, 0) is 36.1 Å². The minimum absolute atomic E-state index is 0.112. The summed E-state index contributed by atoms with van der Waals surface area (Å²) in [5.41, 5.74) is 2.63. The Kier molecular flexibility index (Phi) is 7.20. The van der Waals surface area contributed by atoms with E-state index >= 15 is 0 Å². The molecule has 1 aliphatic carbocycles. The third kappa shape index (κ3) is 5.49. The second-order valence-electron chi connectivity index (χ2n) is 8.16. The summed E-state index contributed by atoms with van der Waals surface area (Å²) in [5.74, 6) is 3.67. The molecule has 1 atom stereocenters. The third-order valence-corrected chi connectivity index (χ3v) is 6.88. The van der Waals surface area contributed by atoms with Gasteiger partial charge in [-0.25, -0.2) is 0 Å². The molecule has 1 saturated heterocycles. The van der Waals surface area contributed by atoms with Gasteiger partial charge < -0.3 is 19.9 Å². The van der Waals surface area contributed by atoms with Gasteiger partial charge in [0.2, 0.25) is 0 Å². The SMILES string of the molecule is COc1cc(CNC2(c3ccccc3)CC2)ccc1OC[C@H](O)CN1CCSCC1. The van der Waals surface area contributed by atoms with Gasteiger partial charge in [-0.15, -0.1) is 0 Å². The second kappa shape index (κ2) is 10.1. The van der Waals surface area contributed by atoms with E-state index in [4.69, 9.17) is 9.47 Å². The van der Waals surface area contributed by atoms with Gasteiger partial charge in [0.05, 0.1) is 7.11 Å². The Bertz CT molecular complexity index is 807. The number of aliphatic hydroxyl groups is 1. The predicted molar refractivity (Wildman–Crippen MR) is 122 cm³/mol. The van der Waals surface area contributed by atoms with Crippen LogP contribution in [-0.2, 0) is 12.1 Å². The molecular weight excluding hydrogens is 396 g/mol. The van der Waals surface area contributed by atoms with Crippen molar-refractivity contribution in [2.45, 2.75) is 31.0 Å². The number of nitrogens with one attached hydrogen (secondary N) is 1. The Morgan fingerprint density at radius 1 is 1.10 bits per heavy atom. The molecule has 2 aromatic carbocycles. The maximum absolute atomic E-state index is 10.3. The van der Waals surface area contributed by atoms with Crippen molar-refractivity contribution in [3.8, 4) is 11.5 Å². The van der Waals surface area contributed by atoms with Gasteiger partial charge in [-0.3, -0.25) is 4.90 Å². The summed E-state index contributed by atoms with van der Waals surface area (Å²) in [6.45, 7) is 3.79. The van der Waals surface area contributed by atoms with Gasteiger partial charge >= 0.3 is 0 Å². The van der Waals surface area contributed by atoms with Gasteiger partial charge in [0.15, 0.2) is 11.5 Å². The Labute approximate surface area is 183 Å². The summed E-state index contributed by atoms with van der Waals surface area (Å²) < 4.78 is 11.4. The van der Waals surface area contributed by atoms with Crippen molar-refractivity contribution in [2.24, 2.45) is 0 Å². The number of hydrogen-bond donors (Lipinski definition) is 2. The molecule has 0 unspecified atom stereocenters. The van der Waals surface area contributed by atoms with Crippen molar-refractivity contribution in [3.63, 3.8) is 0 Å². The number of nitrogens with zero attached hydrogens (tertiary/aromatic N) is 1. The molecule has 5 nitrogen and oxygen atoms in total. The Balaban J connectivity index is 1.30. The van der Waals surface area contributed by atoms with Crippen molar-refractivity contribution in [2.75, 3.05) is 44.9 Å². The highest BCUT2D eigenvalue weighted by molar-refractivity contribution is 7.99. The maximum atomic E-state index is 10.3. The fraction of sp³-hybridized carbons (Fsp3) is 0.500. The first-order valence-corrected chi connectivity index (χ1v) is 11.9.